The Bertz CT molecular complexity index is 2080. The van der Waals surface area contributed by atoms with Crippen molar-refractivity contribution in [1.29, 1.82) is 0 Å². The molecule has 0 bridgehead atoms. The van der Waals surface area contributed by atoms with Gasteiger partial charge < -0.3 is 14.8 Å². The third-order valence-electron chi connectivity index (χ3n) is 7.34. The zero-order chi connectivity index (χ0) is 32.8. The summed E-state index contributed by atoms with van der Waals surface area (Å²) in [7, 11) is -2.22. The van der Waals surface area contributed by atoms with Crippen molar-refractivity contribution in [3.63, 3.8) is 0 Å². The minimum Gasteiger partial charge on any atom is -0.497 e. The maximum Gasteiger partial charge on any atom is 0.261 e. The van der Waals surface area contributed by atoms with Crippen molar-refractivity contribution < 1.29 is 22.7 Å². The molecule has 9 nitrogen and oxygen atoms in total. The molecule has 0 saturated carbocycles. The Labute approximate surface area is 273 Å². The highest BCUT2D eigenvalue weighted by Crippen LogP contribution is 2.31. The molecule has 0 unspecified atom stereocenters. The van der Waals surface area contributed by atoms with E-state index in [0.717, 1.165) is 39.6 Å². The van der Waals surface area contributed by atoms with Crippen molar-refractivity contribution in [2.75, 3.05) is 17.1 Å². The van der Waals surface area contributed by atoms with E-state index in [1.165, 1.54) is 19.1 Å². The molecule has 1 aromatic heterocycles. The van der Waals surface area contributed by atoms with Gasteiger partial charge in [0.25, 0.3) is 10.0 Å². The van der Waals surface area contributed by atoms with Crippen LogP contribution in [0.2, 0.25) is 0 Å². The second-order valence-electron chi connectivity index (χ2n) is 10.7. The molecule has 236 valence electrons. The van der Waals surface area contributed by atoms with E-state index >= 15 is 0 Å². The molecule has 2 N–H and O–H groups in total. The van der Waals surface area contributed by atoms with Crippen LogP contribution in [0.1, 0.15) is 12.5 Å². The fraction of sp³-hybridized carbons (Fsp3) is 0.0811. The molecular formula is C37H32N4O5S. The molecule has 0 radical (unpaired) electrons. The van der Waals surface area contributed by atoms with Gasteiger partial charge in [0.15, 0.2) is 0 Å². The first-order valence-electron chi connectivity index (χ1n) is 14.8. The Kier molecular flexibility index (Phi) is 9.03. The molecule has 0 spiro atoms. The van der Waals surface area contributed by atoms with Gasteiger partial charge >= 0.3 is 0 Å². The molecule has 47 heavy (non-hydrogen) atoms. The topological polar surface area (TPSA) is 112 Å². The Balaban J connectivity index is 1.25. The van der Waals surface area contributed by atoms with E-state index in [9.17, 15) is 13.2 Å². The lowest BCUT2D eigenvalue weighted by atomic mass is 10.1. The summed E-state index contributed by atoms with van der Waals surface area (Å²) in [5, 5.41) is 7.56. The van der Waals surface area contributed by atoms with Crippen LogP contribution in [-0.4, -0.2) is 31.2 Å². The molecule has 0 saturated heterocycles. The minimum atomic E-state index is -3.84. The molecule has 0 aliphatic heterocycles. The Morgan fingerprint density at radius 2 is 1.36 bits per heavy atom. The fourth-order valence-corrected chi connectivity index (χ4v) is 6.01. The summed E-state index contributed by atoms with van der Waals surface area (Å²) in [6, 6.07) is 40.6. The van der Waals surface area contributed by atoms with Crippen LogP contribution < -0.4 is 19.5 Å². The Hall–Kier alpha value is -5.87. The van der Waals surface area contributed by atoms with Crippen LogP contribution in [0.15, 0.2) is 138 Å². The van der Waals surface area contributed by atoms with E-state index in [0.29, 0.717) is 23.7 Å². The number of rotatable bonds is 11. The molecule has 6 aromatic rings. The van der Waals surface area contributed by atoms with Gasteiger partial charge in [0, 0.05) is 29.4 Å². The molecule has 1 heterocycles. The summed E-state index contributed by atoms with van der Waals surface area (Å²) in [5.41, 5.74) is 6.20. The first-order valence-corrected chi connectivity index (χ1v) is 16.3. The number of aromatic nitrogens is 2. The summed E-state index contributed by atoms with van der Waals surface area (Å²) in [6.45, 7) is 1.87. The lowest BCUT2D eigenvalue weighted by Crippen LogP contribution is -2.13. The molecule has 5 aromatic carbocycles. The predicted molar refractivity (Wildman–Crippen MR) is 183 cm³/mol. The highest BCUT2D eigenvalue weighted by molar-refractivity contribution is 7.92. The number of carbonyl (C=O) groups excluding carboxylic acids is 1. The van der Waals surface area contributed by atoms with Crippen LogP contribution >= 0.6 is 0 Å². The average Bonchev–Trinajstić information content (AvgIpc) is 3.54. The monoisotopic (exact) mass is 644 g/mol. The molecule has 0 aliphatic rings. The quantitative estimate of drug-likeness (QED) is 0.151. The van der Waals surface area contributed by atoms with E-state index in [2.05, 4.69) is 10.0 Å². The number of ether oxygens (including phenoxy) is 2. The summed E-state index contributed by atoms with van der Waals surface area (Å²) in [4.78, 5) is 11.4. The zero-order valence-electron chi connectivity index (χ0n) is 25.8. The average molecular weight is 645 g/mol. The summed E-state index contributed by atoms with van der Waals surface area (Å²) < 4.78 is 41.8. The SMILES string of the molecule is COc1ccc(-n2nc(-c3ccc(NS(=O)(=O)c4ccc(NC(C)=O)cc4)cc3)cc2-c2ccc(OCc3ccccc3)cc2)cc1. The van der Waals surface area contributed by atoms with Crippen LogP contribution in [0, 0.1) is 0 Å². The normalized spacial score (nSPS) is 11.1. The molecule has 0 aliphatic carbocycles. The van der Waals surface area contributed by atoms with Crippen molar-refractivity contribution in [2.45, 2.75) is 18.4 Å². The maximum atomic E-state index is 13.0. The number of benzene rings is 5. The number of anilines is 2. The number of nitrogens with one attached hydrogen (secondary N) is 2. The van der Waals surface area contributed by atoms with Crippen LogP contribution in [0.5, 0.6) is 11.5 Å². The van der Waals surface area contributed by atoms with Gasteiger partial charge in [0.1, 0.15) is 18.1 Å². The minimum absolute atomic E-state index is 0.0787. The number of carbonyl (C=O) groups is 1. The van der Waals surface area contributed by atoms with Crippen molar-refractivity contribution in [3.8, 4) is 39.7 Å². The lowest BCUT2D eigenvalue weighted by molar-refractivity contribution is -0.114. The molecule has 6 rings (SSSR count). The van der Waals surface area contributed by atoms with Crippen molar-refractivity contribution in [1.82, 2.24) is 9.78 Å². The number of methoxy groups -OCH3 is 1. The van der Waals surface area contributed by atoms with E-state index in [1.54, 1.807) is 31.4 Å². The maximum absolute atomic E-state index is 13.0. The largest absolute Gasteiger partial charge is 0.497 e. The summed E-state index contributed by atoms with van der Waals surface area (Å²) in [6.07, 6.45) is 0. The predicted octanol–water partition coefficient (Wildman–Crippen LogP) is 7.55. The standard InChI is InChI=1S/C37H32N4O5S/c1-26(42)38-30-14-22-35(23-15-30)47(43,44)40-31-12-8-28(9-13-31)36-24-37(41(39-36)32-16-20-33(45-2)21-17-32)29-10-18-34(19-11-29)46-25-27-6-4-3-5-7-27/h3-24,40H,25H2,1-2H3,(H,38,42). The van der Waals surface area contributed by atoms with E-state index in [-0.39, 0.29) is 10.8 Å². The molecule has 0 atom stereocenters. The van der Waals surface area contributed by atoms with Gasteiger partial charge in [0.2, 0.25) is 5.91 Å². The van der Waals surface area contributed by atoms with Crippen LogP contribution in [0.3, 0.4) is 0 Å². The second-order valence-corrected chi connectivity index (χ2v) is 12.4. The van der Waals surface area contributed by atoms with Crippen molar-refractivity contribution in [2.24, 2.45) is 0 Å². The zero-order valence-corrected chi connectivity index (χ0v) is 26.6. The smallest absolute Gasteiger partial charge is 0.261 e. The highest BCUT2D eigenvalue weighted by Gasteiger charge is 2.17. The highest BCUT2D eigenvalue weighted by atomic mass is 32.2. The Morgan fingerprint density at radius 3 is 2.00 bits per heavy atom. The van der Waals surface area contributed by atoms with Gasteiger partial charge in [-0.15, -0.1) is 0 Å². The third-order valence-corrected chi connectivity index (χ3v) is 8.74. The number of amides is 1. The van der Waals surface area contributed by atoms with Gasteiger partial charge in [-0.2, -0.15) is 5.10 Å². The number of sulfonamides is 1. The number of nitrogens with zero attached hydrogens (tertiary/aromatic N) is 2. The van der Waals surface area contributed by atoms with Gasteiger partial charge in [-0.25, -0.2) is 13.1 Å². The van der Waals surface area contributed by atoms with E-state index < -0.39 is 10.0 Å². The van der Waals surface area contributed by atoms with Gasteiger partial charge in [-0.1, -0.05) is 42.5 Å². The van der Waals surface area contributed by atoms with Crippen molar-refractivity contribution in [3.05, 3.63) is 139 Å². The first-order chi connectivity index (χ1) is 22.8. The van der Waals surface area contributed by atoms with Gasteiger partial charge in [-0.3, -0.25) is 9.52 Å². The van der Waals surface area contributed by atoms with Crippen LogP contribution in [0.4, 0.5) is 11.4 Å². The number of hydrogen-bond acceptors (Lipinski definition) is 6. The summed E-state index contributed by atoms with van der Waals surface area (Å²) in [5.74, 6) is 1.26. The third kappa shape index (κ3) is 7.51. The molecular weight excluding hydrogens is 612 g/mol. The van der Waals surface area contributed by atoms with E-state index in [1.807, 2.05) is 102 Å². The summed E-state index contributed by atoms with van der Waals surface area (Å²) >= 11 is 0. The van der Waals surface area contributed by atoms with Crippen LogP contribution in [0.25, 0.3) is 28.2 Å². The van der Waals surface area contributed by atoms with E-state index in [4.69, 9.17) is 14.6 Å². The van der Waals surface area contributed by atoms with Gasteiger partial charge in [0.05, 0.1) is 29.1 Å². The van der Waals surface area contributed by atoms with Crippen molar-refractivity contribution >= 4 is 27.3 Å². The molecule has 0 fully saturated rings. The fourth-order valence-electron chi connectivity index (χ4n) is 4.95. The van der Waals surface area contributed by atoms with Gasteiger partial charge in [-0.05, 0) is 96.6 Å². The molecule has 1 amide bonds. The number of hydrogen-bond donors (Lipinski definition) is 2. The van der Waals surface area contributed by atoms with Crippen LogP contribution in [-0.2, 0) is 21.4 Å². The molecule has 10 heteroatoms. The lowest BCUT2D eigenvalue weighted by Gasteiger charge is -2.10. The Morgan fingerprint density at radius 1 is 0.745 bits per heavy atom. The second kappa shape index (κ2) is 13.6. The first kappa shape index (κ1) is 31.1.